The second kappa shape index (κ2) is 6.71. The number of carbonyl (C=O) groups is 1. The summed E-state index contributed by atoms with van der Waals surface area (Å²) in [5, 5.41) is 0. The molecule has 0 saturated carbocycles. The molecule has 1 aromatic rings. The number of hydrogen-bond acceptors (Lipinski definition) is 2. The molecule has 1 amide bonds. The van der Waals surface area contributed by atoms with Crippen molar-refractivity contribution >= 4 is 11.6 Å². The number of benzene rings is 1. The highest BCUT2D eigenvalue weighted by Gasteiger charge is 2.25. The number of para-hydroxylation sites is 1. The normalized spacial score (nSPS) is 18.2. The van der Waals surface area contributed by atoms with E-state index < -0.39 is 0 Å². The van der Waals surface area contributed by atoms with Crippen LogP contribution in [0.5, 0.6) is 0 Å². The van der Waals surface area contributed by atoms with Crippen LogP contribution in [-0.2, 0) is 11.2 Å². The summed E-state index contributed by atoms with van der Waals surface area (Å²) >= 11 is 0. The first-order chi connectivity index (χ1) is 9.22. The highest BCUT2D eigenvalue weighted by atomic mass is 16.2. The maximum atomic E-state index is 12.4. The molecule has 0 spiro atoms. The summed E-state index contributed by atoms with van der Waals surface area (Å²) in [7, 11) is 0. The fraction of sp³-hybridized carbons (Fsp3) is 0.562. The van der Waals surface area contributed by atoms with Crippen LogP contribution in [0.2, 0.25) is 0 Å². The molecule has 0 saturated heterocycles. The Kier molecular flexibility index (Phi) is 4.97. The first-order valence-electron chi connectivity index (χ1n) is 7.30. The van der Waals surface area contributed by atoms with E-state index in [2.05, 4.69) is 25.1 Å². The number of nitrogens with two attached hydrogens (primary N) is 1. The van der Waals surface area contributed by atoms with Gasteiger partial charge in [-0.25, -0.2) is 0 Å². The van der Waals surface area contributed by atoms with E-state index in [-0.39, 0.29) is 5.91 Å². The fourth-order valence-corrected chi connectivity index (χ4v) is 2.77. The minimum atomic E-state index is 0.260. The molecule has 1 heterocycles. The molecule has 0 radical (unpaired) electrons. The van der Waals surface area contributed by atoms with Crippen LogP contribution < -0.4 is 10.6 Å². The van der Waals surface area contributed by atoms with Gasteiger partial charge >= 0.3 is 0 Å². The van der Waals surface area contributed by atoms with Crippen LogP contribution in [0.15, 0.2) is 24.3 Å². The van der Waals surface area contributed by atoms with E-state index >= 15 is 0 Å². The predicted molar refractivity (Wildman–Crippen MR) is 79.2 cm³/mol. The third kappa shape index (κ3) is 3.57. The van der Waals surface area contributed by atoms with Crippen LogP contribution in [0.25, 0.3) is 0 Å². The summed E-state index contributed by atoms with van der Waals surface area (Å²) in [6, 6.07) is 8.28. The largest absolute Gasteiger partial charge is 0.330 e. The van der Waals surface area contributed by atoms with Crippen LogP contribution in [0.4, 0.5) is 5.69 Å². The van der Waals surface area contributed by atoms with Crippen LogP contribution in [-0.4, -0.2) is 19.0 Å². The maximum Gasteiger partial charge on any atom is 0.226 e. The summed E-state index contributed by atoms with van der Waals surface area (Å²) in [6.45, 7) is 3.79. The fourth-order valence-electron chi connectivity index (χ4n) is 2.77. The number of unbranched alkanes of at least 4 members (excludes halogenated alkanes) is 2. The monoisotopic (exact) mass is 260 g/mol. The van der Waals surface area contributed by atoms with Crippen molar-refractivity contribution in [2.24, 2.45) is 11.7 Å². The Hall–Kier alpha value is -1.35. The Labute approximate surface area is 115 Å². The van der Waals surface area contributed by atoms with E-state index in [9.17, 15) is 4.79 Å². The first-order valence-corrected chi connectivity index (χ1v) is 7.30. The Morgan fingerprint density at radius 2 is 2.11 bits per heavy atom. The predicted octanol–water partition coefficient (Wildman–Crippen LogP) is 2.73. The zero-order valence-corrected chi connectivity index (χ0v) is 11.8. The third-order valence-electron chi connectivity index (χ3n) is 3.74. The van der Waals surface area contributed by atoms with Gasteiger partial charge < -0.3 is 10.6 Å². The Bertz CT molecular complexity index is 431. The van der Waals surface area contributed by atoms with Gasteiger partial charge in [0.15, 0.2) is 0 Å². The Balaban J connectivity index is 2.01. The van der Waals surface area contributed by atoms with Gasteiger partial charge in [-0.1, -0.05) is 31.5 Å². The van der Waals surface area contributed by atoms with Crippen LogP contribution in [0, 0.1) is 5.92 Å². The van der Waals surface area contributed by atoms with Gasteiger partial charge in [-0.3, -0.25) is 4.79 Å². The van der Waals surface area contributed by atoms with Crippen molar-refractivity contribution in [3.63, 3.8) is 0 Å². The molecule has 3 heteroatoms. The highest BCUT2D eigenvalue weighted by Crippen LogP contribution is 2.30. The molecule has 104 valence electrons. The maximum absolute atomic E-state index is 12.4. The summed E-state index contributed by atoms with van der Waals surface area (Å²) in [5.41, 5.74) is 7.89. The molecule has 1 unspecified atom stereocenters. The second-order valence-electron chi connectivity index (χ2n) is 5.54. The molecule has 1 aliphatic heterocycles. The molecule has 0 aromatic heterocycles. The highest BCUT2D eigenvalue weighted by molar-refractivity contribution is 5.94. The summed E-state index contributed by atoms with van der Waals surface area (Å²) in [6.07, 6.45) is 4.73. The SMILES string of the molecule is CC1Cc2ccccc2N(C(=O)CCCCCN)C1. The zero-order valence-electron chi connectivity index (χ0n) is 11.8. The van der Waals surface area contributed by atoms with E-state index in [1.165, 1.54) is 5.56 Å². The number of hydrogen-bond donors (Lipinski definition) is 1. The molecule has 19 heavy (non-hydrogen) atoms. The molecular formula is C16H24N2O. The number of carbonyl (C=O) groups excluding carboxylic acids is 1. The van der Waals surface area contributed by atoms with Crippen LogP contribution in [0.3, 0.4) is 0 Å². The standard InChI is InChI=1S/C16H24N2O/c1-13-11-14-7-4-5-8-15(14)18(12-13)16(19)9-3-2-6-10-17/h4-5,7-8,13H,2-3,6,9-12,17H2,1H3. The van der Waals surface area contributed by atoms with Crippen LogP contribution >= 0.6 is 0 Å². The topological polar surface area (TPSA) is 46.3 Å². The molecule has 1 atom stereocenters. The molecule has 3 nitrogen and oxygen atoms in total. The molecular weight excluding hydrogens is 236 g/mol. The number of rotatable bonds is 5. The summed E-state index contributed by atoms with van der Waals surface area (Å²) < 4.78 is 0. The van der Waals surface area contributed by atoms with E-state index in [1.54, 1.807) is 0 Å². The van der Waals surface area contributed by atoms with Crippen molar-refractivity contribution in [2.75, 3.05) is 18.0 Å². The van der Waals surface area contributed by atoms with Gasteiger partial charge in [-0.15, -0.1) is 0 Å². The van der Waals surface area contributed by atoms with Gasteiger partial charge in [-0.05, 0) is 43.4 Å². The van der Waals surface area contributed by atoms with Gasteiger partial charge in [0.1, 0.15) is 0 Å². The Morgan fingerprint density at radius 3 is 2.89 bits per heavy atom. The van der Waals surface area contributed by atoms with E-state index in [0.29, 0.717) is 12.3 Å². The zero-order chi connectivity index (χ0) is 13.7. The minimum absolute atomic E-state index is 0.260. The molecule has 2 rings (SSSR count). The summed E-state index contributed by atoms with van der Waals surface area (Å²) in [4.78, 5) is 14.3. The lowest BCUT2D eigenvalue weighted by molar-refractivity contribution is -0.119. The number of nitrogens with zero attached hydrogens (tertiary/aromatic N) is 1. The average Bonchev–Trinajstić information content (AvgIpc) is 2.42. The van der Waals surface area contributed by atoms with E-state index in [4.69, 9.17) is 5.73 Å². The lowest BCUT2D eigenvalue weighted by Crippen LogP contribution is -2.39. The molecule has 1 aliphatic rings. The Morgan fingerprint density at radius 1 is 1.32 bits per heavy atom. The number of anilines is 1. The lowest BCUT2D eigenvalue weighted by atomic mass is 9.93. The number of amides is 1. The quantitative estimate of drug-likeness (QED) is 0.827. The van der Waals surface area contributed by atoms with E-state index in [0.717, 1.165) is 44.5 Å². The van der Waals surface area contributed by atoms with Crippen molar-refractivity contribution in [1.82, 2.24) is 0 Å². The van der Waals surface area contributed by atoms with Gasteiger partial charge in [0, 0.05) is 18.7 Å². The van der Waals surface area contributed by atoms with E-state index in [1.807, 2.05) is 11.0 Å². The minimum Gasteiger partial charge on any atom is -0.330 e. The van der Waals surface area contributed by atoms with Crippen molar-refractivity contribution in [2.45, 2.75) is 39.0 Å². The van der Waals surface area contributed by atoms with Gasteiger partial charge in [0.25, 0.3) is 0 Å². The van der Waals surface area contributed by atoms with Crippen molar-refractivity contribution < 1.29 is 4.79 Å². The third-order valence-corrected chi connectivity index (χ3v) is 3.74. The average molecular weight is 260 g/mol. The smallest absolute Gasteiger partial charge is 0.226 e. The molecule has 2 N–H and O–H groups in total. The van der Waals surface area contributed by atoms with Gasteiger partial charge in [-0.2, -0.15) is 0 Å². The van der Waals surface area contributed by atoms with Crippen molar-refractivity contribution in [3.05, 3.63) is 29.8 Å². The van der Waals surface area contributed by atoms with Crippen molar-refractivity contribution in [1.29, 1.82) is 0 Å². The molecule has 0 fully saturated rings. The van der Waals surface area contributed by atoms with Crippen molar-refractivity contribution in [3.8, 4) is 0 Å². The second-order valence-corrected chi connectivity index (χ2v) is 5.54. The first kappa shape index (κ1) is 14.1. The van der Waals surface area contributed by atoms with Crippen LogP contribution in [0.1, 0.15) is 38.2 Å². The van der Waals surface area contributed by atoms with Gasteiger partial charge in [0.2, 0.25) is 5.91 Å². The molecule has 1 aromatic carbocycles. The van der Waals surface area contributed by atoms with Gasteiger partial charge in [0.05, 0.1) is 0 Å². The molecule has 0 aliphatic carbocycles. The lowest BCUT2D eigenvalue weighted by Gasteiger charge is -2.33. The summed E-state index contributed by atoms with van der Waals surface area (Å²) in [5.74, 6) is 0.805. The molecule has 0 bridgehead atoms. The number of fused-ring (bicyclic) bond motifs is 1.